The number of rotatable bonds is 1. The fourth-order valence-electron chi connectivity index (χ4n) is 1.46. The summed E-state index contributed by atoms with van der Waals surface area (Å²) in [4.78, 5) is 3.23. The minimum absolute atomic E-state index is 0.0103. The van der Waals surface area contributed by atoms with Gasteiger partial charge in [0.15, 0.2) is 0 Å². The lowest BCUT2D eigenvalue weighted by molar-refractivity contribution is 1.48. The summed E-state index contributed by atoms with van der Waals surface area (Å²) in [6.07, 6.45) is 2.01. The normalized spacial score (nSPS) is 11.2. The molecule has 62 valence electrons. The first-order valence-corrected chi connectivity index (χ1v) is 6.26. The lowest BCUT2D eigenvalue weighted by atomic mass is 10.2. The van der Waals surface area contributed by atoms with E-state index in [0.29, 0.717) is 0 Å². The van der Waals surface area contributed by atoms with Gasteiger partial charge in [0.05, 0.1) is 0 Å². The average Bonchev–Trinajstić information content (AvgIpc) is 2.49. The highest BCUT2D eigenvalue weighted by molar-refractivity contribution is 7.64. The van der Waals surface area contributed by atoms with Crippen molar-refractivity contribution in [3.8, 4) is 0 Å². The zero-order valence-corrected chi connectivity index (χ0v) is 8.23. The first-order chi connectivity index (χ1) is 5.79. The predicted octanol–water partition coefficient (Wildman–Crippen LogP) is 2.53. The van der Waals surface area contributed by atoms with Crippen LogP contribution in [0.25, 0.3) is 10.9 Å². The molecular weight excluding hydrogens is 165 g/mol. The number of aromatic amines is 1. The minimum Gasteiger partial charge on any atom is -0.361 e. The molecule has 0 bridgehead atoms. The first-order valence-electron chi connectivity index (χ1n) is 4.02. The van der Waals surface area contributed by atoms with Crippen molar-refractivity contribution in [2.24, 2.45) is 0 Å². The molecule has 0 saturated carbocycles. The van der Waals surface area contributed by atoms with Crippen molar-refractivity contribution in [1.29, 1.82) is 0 Å². The van der Waals surface area contributed by atoms with Gasteiger partial charge in [-0.2, -0.15) is 0 Å². The molecule has 0 radical (unpaired) electrons. The zero-order valence-electron chi connectivity index (χ0n) is 7.33. The van der Waals surface area contributed by atoms with Gasteiger partial charge in [0, 0.05) is 17.1 Å². The Morgan fingerprint density at radius 2 is 2.00 bits per heavy atom. The van der Waals surface area contributed by atoms with Gasteiger partial charge >= 0.3 is 0 Å². The third-order valence-electron chi connectivity index (χ3n) is 2.05. The highest BCUT2D eigenvalue weighted by Crippen LogP contribution is 2.27. The summed E-state index contributed by atoms with van der Waals surface area (Å²) in [5.41, 5.74) is 1.25. The van der Waals surface area contributed by atoms with Crippen LogP contribution in [0.4, 0.5) is 0 Å². The summed E-state index contributed by atoms with van der Waals surface area (Å²) in [7, 11) is 0.0103. The van der Waals surface area contributed by atoms with Crippen molar-refractivity contribution < 1.29 is 0 Å². The third-order valence-corrected chi connectivity index (χ3v) is 3.41. The molecule has 1 nitrogen and oxygen atoms in total. The molecule has 1 aromatic heterocycles. The van der Waals surface area contributed by atoms with E-state index in [0.717, 1.165) is 0 Å². The van der Waals surface area contributed by atoms with E-state index >= 15 is 0 Å². The van der Waals surface area contributed by atoms with E-state index in [1.807, 2.05) is 6.20 Å². The molecule has 0 spiro atoms. The Morgan fingerprint density at radius 3 is 2.75 bits per heavy atom. The van der Waals surface area contributed by atoms with Crippen LogP contribution in [0.1, 0.15) is 0 Å². The highest BCUT2D eigenvalue weighted by atomic mass is 31.1. The van der Waals surface area contributed by atoms with Gasteiger partial charge < -0.3 is 4.98 Å². The summed E-state index contributed by atoms with van der Waals surface area (Å²) in [6, 6.07) is 8.63. The van der Waals surface area contributed by atoms with Gasteiger partial charge in [-0.15, -0.1) is 0 Å². The van der Waals surface area contributed by atoms with Crippen molar-refractivity contribution in [2.75, 3.05) is 13.3 Å². The Morgan fingerprint density at radius 1 is 1.17 bits per heavy atom. The van der Waals surface area contributed by atoms with E-state index in [4.69, 9.17) is 0 Å². The second kappa shape index (κ2) is 2.91. The van der Waals surface area contributed by atoms with Crippen LogP contribution in [0.15, 0.2) is 30.5 Å². The van der Waals surface area contributed by atoms with Crippen LogP contribution in [-0.2, 0) is 0 Å². The maximum atomic E-state index is 3.23. The zero-order chi connectivity index (χ0) is 8.55. The van der Waals surface area contributed by atoms with Crippen LogP contribution in [-0.4, -0.2) is 18.3 Å². The maximum absolute atomic E-state index is 3.23. The molecule has 0 saturated heterocycles. The molecule has 2 aromatic rings. The molecule has 2 rings (SSSR count). The van der Waals surface area contributed by atoms with E-state index in [-0.39, 0.29) is 7.92 Å². The summed E-state index contributed by atoms with van der Waals surface area (Å²) < 4.78 is 0. The fourth-order valence-corrected chi connectivity index (χ4v) is 2.52. The number of hydrogen-bond donors (Lipinski definition) is 1. The molecule has 0 unspecified atom stereocenters. The molecule has 2 heteroatoms. The molecule has 0 aliphatic heterocycles. The van der Waals surface area contributed by atoms with Gasteiger partial charge in [-0.1, -0.05) is 20.1 Å². The molecule has 0 aliphatic rings. The first kappa shape index (κ1) is 7.82. The van der Waals surface area contributed by atoms with Gasteiger partial charge in [0.25, 0.3) is 0 Å². The molecule has 0 fully saturated rings. The minimum atomic E-state index is 0.0103. The Bertz CT molecular complexity index is 389. The van der Waals surface area contributed by atoms with Crippen LogP contribution < -0.4 is 5.30 Å². The van der Waals surface area contributed by atoms with Gasteiger partial charge in [-0.25, -0.2) is 0 Å². The van der Waals surface area contributed by atoms with Gasteiger partial charge in [-0.3, -0.25) is 0 Å². The van der Waals surface area contributed by atoms with Crippen molar-refractivity contribution in [2.45, 2.75) is 0 Å². The Kier molecular flexibility index (Phi) is 1.90. The second-order valence-corrected chi connectivity index (χ2v) is 5.38. The average molecular weight is 177 g/mol. The SMILES string of the molecule is CP(C)c1cccc2[nH]ccc12. The fraction of sp³-hybridized carbons (Fsp3) is 0.200. The largest absolute Gasteiger partial charge is 0.361 e. The van der Waals surface area contributed by atoms with Crippen LogP contribution in [0.2, 0.25) is 0 Å². The number of fused-ring (bicyclic) bond motifs is 1. The number of benzene rings is 1. The lowest BCUT2D eigenvalue weighted by Crippen LogP contribution is -1.98. The quantitative estimate of drug-likeness (QED) is 0.644. The molecular formula is C10H12NP. The summed E-state index contributed by atoms with van der Waals surface area (Å²) in [5.74, 6) is 0. The van der Waals surface area contributed by atoms with Crippen molar-refractivity contribution in [3.63, 3.8) is 0 Å². The van der Waals surface area contributed by atoms with E-state index in [9.17, 15) is 0 Å². The molecule has 1 aromatic carbocycles. The third kappa shape index (κ3) is 1.15. The van der Waals surface area contributed by atoms with Crippen LogP contribution in [0, 0.1) is 0 Å². The van der Waals surface area contributed by atoms with Gasteiger partial charge in [0.1, 0.15) is 0 Å². The molecule has 0 aliphatic carbocycles. The maximum Gasteiger partial charge on any atom is 0.0460 e. The van der Waals surface area contributed by atoms with Crippen molar-refractivity contribution >= 4 is 24.1 Å². The van der Waals surface area contributed by atoms with Crippen molar-refractivity contribution in [3.05, 3.63) is 30.5 Å². The van der Waals surface area contributed by atoms with Crippen LogP contribution >= 0.6 is 7.92 Å². The lowest BCUT2D eigenvalue weighted by Gasteiger charge is -2.06. The van der Waals surface area contributed by atoms with E-state index in [1.165, 1.54) is 16.2 Å². The number of nitrogens with one attached hydrogen (secondary N) is 1. The molecule has 12 heavy (non-hydrogen) atoms. The smallest absolute Gasteiger partial charge is 0.0460 e. The Balaban J connectivity index is 2.73. The van der Waals surface area contributed by atoms with E-state index in [2.05, 4.69) is 42.6 Å². The monoisotopic (exact) mass is 177 g/mol. The van der Waals surface area contributed by atoms with E-state index in [1.54, 1.807) is 0 Å². The van der Waals surface area contributed by atoms with Gasteiger partial charge in [-0.05, 0) is 30.8 Å². The molecule has 0 amide bonds. The van der Waals surface area contributed by atoms with E-state index < -0.39 is 0 Å². The number of hydrogen-bond acceptors (Lipinski definition) is 0. The topological polar surface area (TPSA) is 15.8 Å². The highest BCUT2D eigenvalue weighted by Gasteiger charge is 2.03. The molecule has 1 heterocycles. The van der Waals surface area contributed by atoms with Crippen LogP contribution in [0.5, 0.6) is 0 Å². The van der Waals surface area contributed by atoms with Crippen molar-refractivity contribution in [1.82, 2.24) is 4.98 Å². The van der Waals surface area contributed by atoms with Crippen LogP contribution in [0.3, 0.4) is 0 Å². The summed E-state index contributed by atoms with van der Waals surface area (Å²) in [6.45, 7) is 4.58. The Labute approximate surface area is 73.6 Å². The summed E-state index contributed by atoms with van der Waals surface area (Å²) >= 11 is 0. The summed E-state index contributed by atoms with van der Waals surface area (Å²) in [5, 5.41) is 2.87. The van der Waals surface area contributed by atoms with Gasteiger partial charge in [0.2, 0.25) is 0 Å². The molecule has 1 N–H and O–H groups in total. The second-order valence-electron chi connectivity index (χ2n) is 3.11. The number of H-pyrrole nitrogens is 1. The number of aromatic nitrogens is 1. The predicted molar refractivity (Wildman–Crippen MR) is 56.7 cm³/mol. The Hall–Kier alpha value is -0.810. The molecule has 0 atom stereocenters. The standard InChI is InChI=1S/C10H12NP/c1-12(2)10-5-3-4-9-8(10)6-7-11-9/h3-7,11H,1-2H3.